The Morgan fingerprint density at radius 3 is 2.44 bits per heavy atom. The molecule has 5 rings (SSSR count). The number of hydrogen-bond donors (Lipinski definition) is 1. The van der Waals surface area contributed by atoms with Gasteiger partial charge in [0.15, 0.2) is 5.11 Å². The first-order chi connectivity index (χ1) is 16.3. The number of aryl methyl sites for hydroxylation is 2. The van der Waals surface area contributed by atoms with Crippen molar-refractivity contribution in [3.05, 3.63) is 110 Å². The highest BCUT2D eigenvalue weighted by Gasteiger charge is 2.42. The van der Waals surface area contributed by atoms with E-state index in [0.717, 1.165) is 26.0 Å². The van der Waals surface area contributed by atoms with E-state index < -0.39 is 0 Å². The number of thiocarbonyl (C=S) groups is 1. The van der Waals surface area contributed by atoms with E-state index in [9.17, 15) is 0 Å². The van der Waals surface area contributed by atoms with Gasteiger partial charge >= 0.3 is 0 Å². The lowest BCUT2D eigenvalue weighted by molar-refractivity contribution is 0.565. The standard InChI is InChI=1S/C27H24Br2N4S/c1-16-13-21(10-11-23(16)29)33-26(25(31-27(33)34)24-9-4-5-12-30-24)22-14-17(2)32(18(22)3)20-8-6-7-19(28)15-20/h4-15,25-26H,1-3H3,(H,31,34)/t25-,26-/m1/s1. The van der Waals surface area contributed by atoms with Crippen LogP contribution >= 0.6 is 44.1 Å². The lowest BCUT2D eigenvalue weighted by Gasteiger charge is -2.28. The quantitative estimate of drug-likeness (QED) is 0.248. The molecule has 0 aliphatic carbocycles. The summed E-state index contributed by atoms with van der Waals surface area (Å²) in [5.74, 6) is 0. The van der Waals surface area contributed by atoms with E-state index in [1.165, 1.54) is 22.5 Å². The number of nitrogens with one attached hydrogen (secondary N) is 1. The van der Waals surface area contributed by atoms with Gasteiger partial charge in [0.2, 0.25) is 0 Å². The van der Waals surface area contributed by atoms with Crippen molar-refractivity contribution in [1.82, 2.24) is 14.9 Å². The summed E-state index contributed by atoms with van der Waals surface area (Å²) < 4.78 is 4.45. The van der Waals surface area contributed by atoms with E-state index in [0.29, 0.717) is 5.11 Å². The number of anilines is 1. The Morgan fingerprint density at radius 1 is 0.912 bits per heavy atom. The lowest BCUT2D eigenvalue weighted by Crippen LogP contribution is -2.29. The summed E-state index contributed by atoms with van der Waals surface area (Å²) in [5, 5.41) is 4.28. The minimum absolute atomic E-state index is 0.0462. The number of pyridine rings is 1. The van der Waals surface area contributed by atoms with E-state index in [1.807, 2.05) is 24.4 Å². The highest BCUT2D eigenvalue weighted by atomic mass is 79.9. The van der Waals surface area contributed by atoms with Gasteiger partial charge in [0.25, 0.3) is 0 Å². The van der Waals surface area contributed by atoms with Crippen LogP contribution in [0.5, 0.6) is 0 Å². The molecule has 172 valence electrons. The van der Waals surface area contributed by atoms with Crippen molar-refractivity contribution in [2.75, 3.05) is 4.90 Å². The highest BCUT2D eigenvalue weighted by Crippen LogP contribution is 2.44. The van der Waals surface area contributed by atoms with Gasteiger partial charge in [-0.1, -0.05) is 44.0 Å². The van der Waals surface area contributed by atoms with Crippen molar-refractivity contribution in [3.63, 3.8) is 0 Å². The molecule has 4 nitrogen and oxygen atoms in total. The zero-order valence-corrected chi connectivity index (χ0v) is 23.1. The predicted octanol–water partition coefficient (Wildman–Crippen LogP) is 7.50. The van der Waals surface area contributed by atoms with Gasteiger partial charge < -0.3 is 14.8 Å². The normalized spacial score (nSPS) is 17.8. The summed E-state index contributed by atoms with van der Waals surface area (Å²) in [6.07, 6.45) is 1.84. The van der Waals surface area contributed by atoms with Crippen LogP contribution in [-0.4, -0.2) is 14.7 Å². The average Bonchev–Trinajstić information content (AvgIpc) is 3.31. The van der Waals surface area contributed by atoms with E-state index in [4.69, 9.17) is 17.2 Å². The van der Waals surface area contributed by atoms with Crippen LogP contribution in [0.3, 0.4) is 0 Å². The molecule has 2 aromatic heterocycles. The monoisotopic (exact) mass is 594 g/mol. The van der Waals surface area contributed by atoms with Crippen LogP contribution in [0.2, 0.25) is 0 Å². The Labute approximate surface area is 222 Å². The van der Waals surface area contributed by atoms with E-state index in [1.54, 1.807) is 0 Å². The number of hydrogen-bond acceptors (Lipinski definition) is 2. The van der Waals surface area contributed by atoms with Gasteiger partial charge in [0.05, 0.1) is 17.8 Å². The van der Waals surface area contributed by atoms with Gasteiger partial charge in [0, 0.05) is 37.9 Å². The van der Waals surface area contributed by atoms with Crippen LogP contribution in [0.4, 0.5) is 5.69 Å². The molecule has 0 radical (unpaired) electrons. The summed E-state index contributed by atoms with van der Waals surface area (Å²) in [5.41, 5.74) is 7.92. The molecule has 3 heterocycles. The zero-order valence-electron chi connectivity index (χ0n) is 19.1. The second-order valence-corrected chi connectivity index (χ2v) is 10.7. The lowest BCUT2D eigenvalue weighted by atomic mass is 9.96. The molecule has 2 atom stereocenters. The molecule has 0 bridgehead atoms. The first-order valence-electron chi connectivity index (χ1n) is 11.1. The molecule has 34 heavy (non-hydrogen) atoms. The van der Waals surface area contributed by atoms with Crippen molar-refractivity contribution in [2.45, 2.75) is 32.9 Å². The van der Waals surface area contributed by atoms with Crippen molar-refractivity contribution >= 4 is 54.9 Å². The highest BCUT2D eigenvalue weighted by molar-refractivity contribution is 9.10. The number of benzene rings is 2. The molecule has 1 N–H and O–H groups in total. The van der Waals surface area contributed by atoms with Gasteiger partial charge in [-0.25, -0.2) is 0 Å². The maximum absolute atomic E-state index is 5.91. The third kappa shape index (κ3) is 4.10. The first-order valence-corrected chi connectivity index (χ1v) is 13.1. The second kappa shape index (κ2) is 9.29. The maximum atomic E-state index is 5.91. The molecule has 0 saturated carbocycles. The molecule has 4 aromatic rings. The molecular weight excluding hydrogens is 572 g/mol. The SMILES string of the molecule is Cc1cc(N2C(=S)N[C@H](c3ccccn3)[C@H]2c2cc(C)n(-c3cccc(Br)c3)c2C)ccc1Br. The molecule has 1 aliphatic rings. The van der Waals surface area contributed by atoms with Crippen molar-refractivity contribution in [3.8, 4) is 5.69 Å². The fourth-order valence-electron chi connectivity index (χ4n) is 4.83. The summed E-state index contributed by atoms with van der Waals surface area (Å²) in [6.45, 7) is 6.44. The Hall–Kier alpha value is -2.48. The first kappa shape index (κ1) is 23.3. The molecular formula is C27H24Br2N4S. The number of halogens is 2. The fourth-order valence-corrected chi connectivity index (χ4v) is 5.81. The van der Waals surface area contributed by atoms with Crippen LogP contribution in [0.1, 0.15) is 40.3 Å². The largest absolute Gasteiger partial charge is 0.351 e. The molecule has 0 amide bonds. The van der Waals surface area contributed by atoms with E-state index >= 15 is 0 Å². The summed E-state index contributed by atoms with van der Waals surface area (Å²) in [4.78, 5) is 6.93. The molecule has 2 aromatic carbocycles. The summed E-state index contributed by atoms with van der Waals surface area (Å²) in [6, 6.07) is 23.0. The maximum Gasteiger partial charge on any atom is 0.174 e. The van der Waals surface area contributed by atoms with Crippen LogP contribution in [-0.2, 0) is 0 Å². The summed E-state index contributed by atoms with van der Waals surface area (Å²) >= 11 is 13.2. The molecule has 1 saturated heterocycles. The van der Waals surface area contributed by atoms with Crippen LogP contribution < -0.4 is 10.2 Å². The third-order valence-electron chi connectivity index (χ3n) is 6.37. The third-order valence-corrected chi connectivity index (χ3v) is 8.07. The Morgan fingerprint density at radius 2 is 1.74 bits per heavy atom. The number of nitrogens with zero attached hydrogens (tertiary/aromatic N) is 3. The van der Waals surface area contributed by atoms with Gasteiger partial charge in [-0.2, -0.15) is 0 Å². The number of aromatic nitrogens is 2. The zero-order chi connectivity index (χ0) is 24.0. The Balaban J connectivity index is 1.69. The predicted molar refractivity (Wildman–Crippen MR) is 150 cm³/mol. The van der Waals surface area contributed by atoms with Gasteiger partial charge in [-0.05, 0) is 98.7 Å². The smallest absolute Gasteiger partial charge is 0.174 e. The molecule has 0 unspecified atom stereocenters. The average molecular weight is 596 g/mol. The second-order valence-electron chi connectivity index (χ2n) is 8.57. The molecule has 1 fully saturated rings. The molecule has 7 heteroatoms. The van der Waals surface area contributed by atoms with Gasteiger partial charge in [-0.15, -0.1) is 0 Å². The topological polar surface area (TPSA) is 33.1 Å². The molecule has 0 spiro atoms. The minimum atomic E-state index is -0.0749. The van der Waals surface area contributed by atoms with Crippen molar-refractivity contribution < 1.29 is 0 Å². The number of rotatable bonds is 4. The van der Waals surface area contributed by atoms with Gasteiger partial charge in [0.1, 0.15) is 0 Å². The van der Waals surface area contributed by atoms with Crippen molar-refractivity contribution in [1.29, 1.82) is 0 Å². The van der Waals surface area contributed by atoms with Crippen LogP contribution in [0, 0.1) is 20.8 Å². The minimum Gasteiger partial charge on any atom is -0.351 e. The van der Waals surface area contributed by atoms with Crippen LogP contribution in [0.15, 0.2) is 81.9 Å². The van der Waals surface area contributed by atoms with E-state index in [2.05, 4.69) is 116 Å². The van der Waals surface area contributed by atoms with E-state index in [-0.39, 0.29) is 12.1 Å². The van der Waals surface area contributed by atoms with Crippen molar-refractivity contribution in [2.24, 2.45) is 0 Å². The Bertz CT molecular complexity index is 1380. The Kier molecular flexibility index (Phi) is 6.35. The fraction of sp³-hybridized carbons (Fsp3) is 0.185. The van der Waals surface area contributed by atoms with Crippen LogP contribution in [0.25, 0.3) is 5.69 Å². The molecule has 1 aliphatic heterocycles. The summed E-state index contributed by atoms with van der Waals surface area (Å²) in [7, 11) is 0. The van der Waals surface area contributed by atoms with Gasteiger partial charge in [-0.3, -0.25) is 4.98 Å².